The van der Waals surface area contributed by atoms with Gasteiger partial charge in [0.2, 0.25) is 5.91 Å². The van der Waals surface area contributed by atoms with Crippen LogP contribution in [-0.2, 0) is 38.4 Å². The van der Waals surface area contributed by atoms with E-state index in [9.17, 15) is 49.2 Å². The average molecular weight is 706 g/mol. The number of esters is 1. The van der Waals surface area contributed by atoms with Crippen molar-refractivity contribution in [3.05, 3.63) is 82.4 Å². The molecule has 268 valence electrons. The lowest BCUT2D eigenvalue weighted by molar-refractivity contribution is -0.149. The normalized spacial score (nSPS) is 12.8. The van der Waals surface area contributed by atoms with Gasteiger partial charge in [0.05, 0.1) is 23.4 Å². The number of fused-ring (bicyclic) bond motifs is 2. The van der Waals surface area contributed by atoms with Crippen LogP contribution in [0.15, 0.2) is 59.6 Å². The molecule has 0 radical (unpaired) electrons. The first-order valence-electron chi connectivity index (χ1n) is 15.5. The third kappa shape index (κ3) is 10.2. The number of phenolic OH excluding ortho intramolecular Hbond substituents is 1. The topological polar surface area (TPSA) is 281 Å². The summed E-state index contributed by atoms with van der Waals surface area (Å²) < 4.78 is 11.7. The fraction of sp³-hybridized carbons (Fsp3) is 0.265. The van der Waals surface area contributed by atoms with Gasteiger partial charge in [-0.2, -0.15) is 0 Å². The molecule has 3 aromatic rings. The van der Waals surface area contributed by atoms with Gasteiger partial charge in [-0.15, -0.1) is 0 Å². The van der Waals surface area contributed by atoms with Crippen LogP contribution in [0.3, 0.4) is 0 Å². The Bertz CT molecular complexity index is 1860. The number of benzene rings is 3. The molecule has 2 amide bonds. The van der Waals surface area contributed by atoms with E-state index >= 15 is 0 Å². The van der Waals surface area contributed by atoms with Crippen molar-refractivity contribution in [2.45, 2.75) is 38.1 Å². The number of phenols is 1. The molecule has 0 fully saturated rings. The number of nitrogens with one attached hydrogen (secondary N) is 1. The molecule has 1 heterocycles. The van der Waals surface area contributed by atoms with Crippen molar-refractivity contribution in [1.29, 1.82) is 0 Å². The molecule has 4 rings (SSSR count). The van der Waals surface area contributed by atoms with Crippen LogP contribution in [0.5, 0.6) is 17.2 Å². The summed E-state index contributed by atoms with van der Waals surface area (Å²) in [7, 11) is 0. The Morgan fingerprint density at radius 1 is 0.941 bits per heavy atom. The minimum atomic E-state index is -1.48. The second-order valence-corrected chi connectivity index (χ2v) is 11.4. The maximum absolute atomic E-state index is 14.0. The summed E-state index contributed by atoms with van der Waals surface area (Å²) in [5, 5.41) is 40.4. The third-order valence-electron chi connectivity index (χ3n) is 7.63. The number of aryl methyl sites for hydroxylation is 2. The maximum atomic E-state index is 14.0. The van der Waals surface area contributed by atoms with E-state index in [1.54, 1.807) is 6.07 Å². The van der Waals surface area contributed by atoms with E-state index in [0.29, 0.717) is 34.6 Å². The van der Waals surface area contributed by atoms with Gasteiger partial charge in [-0.1, -0.05) is 18.2 Å². The van der Waals surface area contributed by atoms with Crippen LogP contribution in [0.2, 0.25) is 0 Å². The summed E-state index contributed by atoms with van der Waals surface area (Å²) in [5.41, 5.74) is 12.5. The highest BCUT2D eigenvalue weighted by molar-refractivity contribution is 6.02. The predicted octanol–water partition coefficient (Wildman–Crippen LogP) is 1.20. The molecule has 3 aromatic carbocycles. The summed E-state index contributed by atoms with van der Waals surface area (Å²) in [6.45, 7) is -1.78. The quantitative estimate of drug-likeness (QED) is 0.0570. The number of amides is 2. The van der Waals surface area contributed by atoms with Gasteiger partial charge >= 0.3 is 23.9 Å². The zero-order chi connectivity index (χ0) is 37.2. The molecule has 1 aliphatic rings. The summed E-state index contributed by atoms with van der Waals surface area (Å²) in [5.74, 6) is -7.49. The highest BCUT2D eigenvalue weighted by Gasteiger charge is 2.30. The van der Waals surface area contributed by atoms with Crippen molar-refractivity contribution < 1.29 is 58.7 Å². The number of aromatic hydroxyl groups is 1. The number of nitrogens with two attached hydrogens (primary N) is 2. The SMILES string of the molecule is NC(N)=Nc1ccc2c(c1)CCCOc1c(ccc(CCC(=O)N(CC(=O)O)CC(=O)O)c1C(=O)N[C@@H](Cc1ccc(O)cc1)C(=O)O)OC2=O. The molecule has 17 nitrogen and oxygen atoms in total. The smallest absolute Gasteiger partial charge is 0.343 e. The van der Waals surface area contributed by atoms with Crippen LogP contribution < -0.4 is 26.3 Å². The van der Waals surface area contributed by atoms with E-state index < -0.39 is 61.2 Å². The van der Waals surface area contributed by atoms with E-state index in [4.69, 9.17) is 20.9 Å². The Morgan fingerprint density at radius 3 is 2.25 bits per heavy atom. The number of ether oxygens (including phenoxy) is 2. The molecular weight excluding hydrogens is 670 g/mol. The fourth-order valence-electron chi connectivity index (χ4n) is 5.34. The van der Waals surface area contributed by atoms with Crippen molar-refractivity contribution >= 4 is 47.3 Å². The van der Waals surface area contributed by atoms with Gasteiger partial charge in [-0.05, 0) is 72.4 Å². The molecule has 9 N–H and O–H groups in total. The second-order valence-electron chi connectivity index (χ2n) is 11.4. The number of aliphatic imine (C=N–C) groups is 1. The van der Waals surface area contributed by atoms with Crippen LogP contribution in [-0.4, -0.2) is 92.7 Å². The molecule has 0 saturated heterocycles. The molecule has 0 unspecified atom stereocenters. The molecular formula is C34H35N5O12. The first-order valence-corrected chi connectivity index (χ1v) is 15.5. The van der Waals surface area contributed by atoms with Crippen LogP contribution in [0, 0.1) is 0 Å². The number of rotatable bonds is 13. The standard InChI is InChI=1S/C34H35N5O12/c35-34(36)37-21-7-10-23-20(15-21)2-1-13-50-30-25(51-33(23)49)11-5-19(6-12-26(41)39(16-27(42)43)17-28(44)45)29(30)31(46)38-24(32(47)48)14-18-3-8-22(40)9-4-18/h3-5,7-11,15,24,40H,1-2,6,12-14,16-17H2,(H,38,46)(H,42,43)(H,44,45)(H,47,48)(H4,35,36,37)/t24-/m0/s1. The van der Waals surface area contributed by atoms with Gasteiger partial charge in [0.15, 0.2) is 17.5 Å². The van der Waals surface area contributed by atoms with E-state index in [1.165, 1.54) is 48.5 Å². The number of carbonyl (C=O) groups is 6. The zero-order valence-corrected chi connectivity index (χ0v) is 27.0. The predicted molar refractivity (Wildman–Crippen MR) is 178 cm³/mol. The highest BCUT2D eigenvalue weighted by atomic mass is 16.6. The molecule has 0 bridgehead atoms. The third-order valence-corrected chi connectivity index (χ3v) is 7.63. The number of nitrogens with zero attached hydrogens (tertiary/aromatic N) is 2. The highest BCUT2D eigenvalue weighted by Crippen LogP contribution is 2.37. The Balaban J connectivity index is 1.73. The first kappa shape index (κ1) is 37.2. The monoisotopic (exact) mass is 705 g/mol. The van der Waals surface area contributed by atoms with Crippen molar-refractivity contribution in [3.63, 3.8) is 0 Å². The minimum Gasteiger partial charge on any atom is -0.508 e. The van der Waals surface area contributed by atoms with Crippen LogP contribution in [0.25, 0.3) is 0 Å². The van der Waals surface area contributed by atoms with Crippen LogP contribution >= 0.6 is 0 Å². The second kappa shape index (κ2) is 16.6. The number of carboxylic acid groups (broad SMARTS) is 3. The van der Waals surface area contributed by atoms with Gasteiger partial charge in [0, 0.05) is 12.8 Å². The Labute approximate surface area is 290 Å². The van der Waals surface area contributed by atoms with Gasteiger partial charge in [-0.25, -0.2) is 14.6 Å². The first-order chi connectivity index (χ1) is 24.2. The summed E-state index contributed by atoms with van der Waals surface area (Å²) in [6, 6.07) is 11.5. The summed E-state index contributed by atoms with van der Waals surface area (Å²) >= 11 is 0. The molecule has 0 aliphatic carbocycles. The molecule has 0 aromatic heterocycles. The summed E-state index contributed by atoms with van der Waals surface area (Å²) in [4.78, 5) is 79.9. The Hall–Kier alpha value is -6.65. The molecule has 17 heteroatoms. The fourth-order valence-corrected chi connectivity index (χ4v) is 5.34. The average Bonchev–Trinajstić information content (AvgIpc) is 3.05. The molecule has 0 spiro atoms. The number of hydrogen-bond acceptors (Lipinski definition) is 10. The van der Waals surface area contributed by atoms with Gasteiger partial charge in [-0.3, -0.25) is 19.2 Å². The number of hydrogen-bond donors (Lipinski definition) is 7. The Kier molecular flexibility index (Phi) is 12.1. The summed E-state index contributed by atoms with van der Waals surface area (Å²) in [6.07, 6.45) is -0.237. The number of aliphatic carboxylic acids is 3. The van der Waals surface area contributed by atoms with E-state index in [0.717, 1.165) is 0 Å². The van der Waals surface area contributed by atoms with Gasteiger partial charge in [0.25, 0.3) is 5.91 Å². The van der Waals surface area contributed by atoms with Crippen molar-refractivity contribution in [2.24, 2.45) is 16.5 Å². The van der Waals surface area contributed by atoms with E-state index in [1.807, 2.05) is 0 Å². The molecule has 1 atom stereocenters. The lowest BCUT2D eigenvalue weighted by atomic mass is 9.98. The van der Waals surface area contributed by atoms with Crippen molar-refractivity contribution in [3.8, 4) is 17.2 Å². The minimum absolute atomic E-state index is 0.0138. The van der Waals surface area contributed by atoms with Crippen LogP contribution in [0.1, 0.15) is 50.2 Å². The largest absolute Gasteiger partial charge is 0.508 e. The zero-order valence-electron chi connectivity index (χ0n) is 27.0. The van der Waals surface area contributed by atoms with E-state index in [-0.39, 0.29) is 59.3 Å². The van der Waals surface area contributed by atoms with E-state index in [2.05, 4.69) is 10.3 Å². The van der Waals surface area contributed by atoms with Gasteiger partial charge < -0.3 is 51.6 Å². The van der Waals surface area contributed by atoms with Crippen molar-refractivity contribution in [1.82, 2.24) is 10.2 Å². The molecule has 0 saturated carbocycles. The Morgan fingerprint density at radius 2 is 1.63 bits per heavy atom. The number of carboxylic acids is 3. The lowest BCUT2D eigenvalue weighted by Crippen LogP contribution is -2.43. The number of carbonyl (C=O) groups excluding carboxylic acids is 3. The van der Waals surface area contributed by atoms with Gasteiger partial charge in [0.1, 0.15) is 24.9 Å². The molecule has 1 aliphatic heterocycles. The van der Waals surface area contributed by atoms with Crippen molar-refractivity contribution in [2.75, 3.05) is 19.7 Å². The lowest BCUT2D eigenvalue weighted by Gasteiger charge is -2.23. The van der Waals surface area contributed by atoms with Crippen LogP contribution in [0.4, 0.5) is 5.69 Å². The number of guanidine groups is 1. The maximum Gasteiger partial charge on any atom is 0.343 e. The molecule has 51 heavy (non-hydrogen) atoms.